The standard InChI is InChI=1S/C23H41N7O4/c1-6-28(10-7-8-25-9-15-33-5)20-17-18(16-19(26-20)21(24)27-32)29-11-13-30(14-12-29)22(31)34-23(2,3)4/h16-17,25,32H,6-15H2,1-5H3,(H2,24,27). The molecule has 1 amide bonds. The van der Waals surface area contributed by atoms with Crippen molar-refractivity contribution >= 4 is 23.4 Å². The number of carbonyl (C=O) groups excluding carboxylic acids is 1. The van der Waals surface area contributed by atoms with Gasteiger partial charge in [0.2, 0.25) is 0 Å². The van der Waals surface area contributed by atoms with Gasteiger partial charge < -0.3 is 40.4 Å². The number of hydrogen-bond donors (Lipinski definition) is 3. The molecule has 0 aliphatic carbocycles. The van der Waals surface area contributed by atoms with Crippen LogP contribution in [-0.4, -0.2) is 98.7 Å². The van der Waals surface area contributed by atoms with Crippen LogP contribution in [0.25, 0.3) is 0 Å². The first-order valence-corrected chi connectivity index (χ1v) is 11.9. The molecule has 2 heterocycles. The summed E-state index contributed by atoms with van der Waals surface area (Å²) in [4.78, 5) is 23.1. The van der Waals surface area contributed by atoms with Crippen molar-refractivity contribution in [3.05, 3.63) is 17.8 Å². The van der Waals surface area contributed by atoms with Crippen molar-refractivity contribution in [2.24, 2.45) is 10.9 Å². The molecule has 0 unspecified atom stereocenters. The van der Waals surface area contributed by atoms with E-state index in [1.807, 2.05) is 32.9 Å². The molecule has 2 rings (SSSR count). The number of nitrogens with one attached hydrogen (secondary N) is 1. The number of nitrogens with two attached hydrogens (primary N) is 1. The monoisotopic (exact) mass is 479 g/mol. The first-order chi connectivity index (χ1) is 16.2. The zero-order chi connectivity index (χ0) is 25.1. The Balaban J connectivity index is 2.11. The molecule has 4 N–H and O–H groups in total. The van der Waals surface area contributed by atoms with Crippen LogP contribution in [-0.2, 0) is 9.47 Å². The number of aromatic nitrogens is 1. The first kappa shape index (κ1) is 27.5. The highest BCUT2D eigenvalue weighted by Gasteiger charge is 2.26. The first-order valence-electron chi connectivity index (χ1n) is 11.9. The van der Waals surface area contributed by atoms with E-state index in [2.05, 4.69) is 32.2 Å². The van der Waals surface area contributed by atoms with Crippen molar-refractivity contribution in [3.8, 4) is 0 Å². The van der Waals surface area contributed by atoms with Crippen LogP contribution in [0.1, 0.15) is 39.8 Å². The molecule has 1 fully saturated rings. The normalized spacial score (nSPS) is 14.9. The molecular weight excluding hydrogens is 438 g/mol. The number of amidine groups is 1. The molecule has 1 aromatic rings. The number of anilines is 2. The van der Waals surface area contributed by atoms with Crippen molar-refractivity contribution in [1.82, 2.24) is 15.2 Å². The summed E-state index contributed by atoms with van der Waals surface area (Å²) in [7, 11) is 1.69. The summed E-state index contributed by atoms with van der Waals surface area (Å²) in [6.07, 6.45) is 0.646. The molecule has 0 bridgehead atoms. The van der Waals surface area contributed by atoms with E-state index in [9.17, 15) is 10.0 Å². The van der Waals surface area contributed by atoms with Gasteiger partial charge in [-0.1, -0.05) is 5.16 Å². The number of hydrogen-bond acceptors (Lipinski definition) is 9. The smallest absolute Gasteiger partial charge is 0.410 e. The number of nitrogens with zero attached hydrogens (tertiary/aromatic N) is 5. The molecule has 1 aliphatic heterocycles. The van der Waals surface area contributed by atoms with E-state index in [1.165, 1.54) is 0 Å². The molecule has 0 aromatic carbocycles. The third-order valence-corrected chi connectivity index (χ3v) is 5.43. The molecule has 192 valence electrons. The van der Waals surface area contributed by atoms with Crippen molar-refractivity contribution < 1.29 is 19.5 Å². The highest BCUT2D eigenvalue weighted by atomic mass is 16.6. The lowest BCUT2D eigenvalue weighted by molar-refractivity contribution is 0.0240. The summed E-state index contributed by atoms with van der Waals surface area (Å²) < 4.78 is 10.6. The summed E-state index contributed by atoms with van der Waals surface area (Å²) in [5.41, 5.74) is 6.72. The van der Waals surface area contributed by atoms with Gasteiger partial charge in [-0.25, -0.2) is 9.78 Å². The topological polar surface area (TPSA) is 129 Å². The van der Waals surface area contributed by atoms with Gasteiger partial charge in [0.25, 0.3) is 0 Å². The van der Waals surface area contributed by atoms with Gasteiger partial charge in [0, 0.05) is 64.7 Å². The van der Waals surface area contributed by atoms with Crippen LogP contribution in [0.3, 0.4) is 0 Å². The second-order valence-electron chi connectivity index (χ2n) is 9.18. The van der Waals surface area contributed by atoms with Crippen LogP contribution in [0, 0.1) is 0 Å². The van der Waals surface area contributed by atoms with Gasteiger partial charge in [-0.15, -0.1) is 0 Å². The molecule has 1 aliphatic rings. The van der Waals surface area contributed by atoms with Crippen molar-refractivity contribution in [2.75, 3.05) is 75.9 Å². The SMILES string of the molecule is CCN(CCCNCCOC)c1cc(N2CCN(C(=O)OC(C)(C)C)CC2)cc(/C(N)=N/O)n1. The van der Waals surface area contributed by atoms with Gasteiger partial charge in [-0.3, -0.25) is 0 Å². The molecule has 11 nitrogen and oxygen atoms in total. The third kappa shape index (κ3) is 8.53. The fourth-order valence-corrected chi connectivity index (χ4v) is 3.63. The number of oxime groups is 1. The summed E-state index contributed by atoms with van der Waals surface area (Å²) in [6.45, 7) is 14.0. The zero-order valence-corrected chi connectivity index (χ0v) is 21.2. The Kier molecular flexibility index (Phi) is 10.6. The summed E-state index contributed by atoms with van der Waals surface area (Å²) >= 11 is 0. The van der Waals surface area contributed by atoms with E-state index >= 15 is 0 Å². The number of ether oxygens (including phenoxy) is 2. The lowest BCUT2D eigenvalue weighted by atomic mass is 10.2. The van der Waals surface area contributed by atoms with E-state index in [1.54, 1.807) is 12.0 Å². The van der Waals surface area contributed by atoms with Gasteiger partial charge in [0.15, 0.2) is 5.84 Å². The van der Waals surface area contributed by atoms with Crippen LogP contribution < -0.4 is 20.9 Å². The Bertz CT molecular complexity index is 805. The molecular formula is C23H41N7O4. The van der Waals surface area contributed by atoms with Gasteiger partial charge in [0.1, 0.15) is 17.1 Å². The van der Waals surface area contributed by atoms with E-state index in [-0.39, 0.29) is 11.9 Å². The predicted molar refractivity (Wildman–Crippen MR) is 134 cm³/mol. The maximum Gasteiger partial charge on any atom is 0.410 e. The lowest BCUT2D eigenvalue weighted by Gasteiger charge is -2.37. The number of carbonyl (C=O) groups is 1. The molecule has 0 radical (unpaired) electrons. The summed E-state index contributed by atoms with van der Waals surface area (Å²) in [5, 5.41) is 15.7. The Labute approximate surface area is 202 Å². The van der Waals surface area contributed by atoms with Crippen LogP contribution in [0.2, 0.25) is 0 Å². The van der Waals surface area contributed by atoms with Crippen molar-refractivity contribution in [2.45, 2.75) is 39.7 Å². The second-order valence-corrected chi connectivity index (χ2v) is 9.18. The van der Waals surface area contributed by atoms with Gasteiger partial charge in [-0.05, 0) is 46.7 Å². The zero-order valence-electron chi connectivity index (χ0n) is 21.2. The van der Waals surface area contributed by atoms with Crippen LogP contribution in [0.5, 0.6) is 0 Å². The Morgan fingerprint density at radius 2 is 1.97 bits per heavy atom. The van der Waals surface area contributed by atoms with Gasteiger partial charge in [0.05, 0.1) is 6.61 Å². The van der Waals surface area contributed by atoms with Crippen LogP contribution >= 0.6 is 0 Å². The number of methoxy groups -OCH3 is 1. The minimum absolute atomic E-state index is 0.0345. The maximum absolute atomic E-state index is 12.4. The predicted octanol–water partition coefficient (Wildman–Crippen LogP) is 1.69. The lowest BCUT2D eigenvalue weighted by Crippen LogP contribution is -2.50. The number of amides is 1. The maximum atomic E-state index is 12.4. The van der Waals surface area contributed by atoms with Gasteiger partial charge in [-0.2, -0.15) is 0 Å². The van der Waals surface area contributed by atoms with Crippen molar-refractivity contribution in [1.29, 1.82) is 0 Å². The van der Waals surface area contributed by atoms with E-state index in [0.717, 1.165) is 44.1 Å². The average molecular weight is 480 g/mol. The fourth-order valence-electron chi connectivity index (χ4n) is 3.63. The Morgan fingerprint density at radius 1 is 1.26 bits per heavy atom. The van der Waals surface area contributed by atoms with Crippen LogP contribution in [0.15, 0.2) is 17.3 Å². The van der Waals surface area contributed by atoms with E-state index in [0.29, 0.717) is 38.5 Å². The van der Waals surface area contributed by atoms with Crippen LogP contribution in [0.4, 0.5) is 16.3 Å². The molecule has 1 aromatic heterocycles. The number of rotatable bonds is 11. The Hall–Kier alpha value is -2.79. The molecule has 0 atom stereocenters. The van der Waals surface area contributed by atoms with E-state index < -0.39 is 5.60 Å². The molecule has 0 saturated carbocycles. The number of pyridine rings is 1. The highest BCUT2D eigenvalue weighted by Crippen LogP contribution is 2.24. The molecule has 1 saturated heterocycles. The third-order valence-electron chi connectivity index (χ3n) is 5.43. The quantitative estimate of drug-likeness (QED) is 0.143. The summed E-state index contributed by atoms with van der Waals surface area (Å²) in [5.74, 6) is 0.737. The minimum Gasteiger partial charge on any atom is -0.444 e. The number of piperazine rings is 1. The largest absolute Gasteiger partial charge is 0.444 e. The minimum atomic E-state index is -0.521. The average Bonchev–Trinajstić information content (AvgIpc) is 2.82. The highest BCUT2D eigenvalue weighted by molar-refractivity contribution is 5.96. The fraction of sp³-hybridized carbons (Fsp3) is 0.696. The Morgan fingerprint density at radius 3 is 2.56 bits per heavy atom. The van der Waals surface area contributed by atoms with Crippen molar-refractivity contribution in [3.63, 3.8) is 0 Å². The molecule has 0 spiro atoms. The van der Waals surface area contributed by atoms with E-state index in [4.69, 9.17) is 15.2 Å². The molecule has 34 heavy (non-hydrogen) atoms. The summed E-state index contributed by atoms with van der Waals surface area (Å²) in [6, 6.07) is 3.85. The second kappa shape index (κ2) is 13.2. The van der Waals surface area contributed by atoms with Gasteiger partial charge >= 0.3 is 6.09 Å². The molecule has 11 heteroatoms.